The van der Waals surface area contributed by atoms with Crippen LogP contribution in [0.1, 0.15) is 18.1 Å². The van der Waals surface area contributed by atoms with Crippen molar-refractivity contribution in [2.75, 3.05) is 6.61 Å². The zero-order valence-electron chi connectivity index (χ0n) is 20.3. The number of carbonyl (C=O) groups excluding carboxylic acids is 4. The normalized spacial score (nSPS) is 19.8. The summed E-state index contributed by atoms with van der Waals surface area (Å²) < 4.78 is 10.5. The summed E-state index contributed by atoms with van der Waals surface area (Å²) in [6.07, 6.45) is -0.102. The lowest BCUT2D eigenvalue weighted by Crippen LogP contribution is -2.74. The maximum atomic E-state index is 13.1. The fourth-order valence-corrected chi connectivity index (χ4v) is 5.61. The fourth-order valence-electron chi connectivity index (χ4n) is 4.02. The Labute approximate surface area is 236 Å². The van der Waals surface area contributed by atoms with Crippen molar-refractivity contribution in [3.8, 4) is 0 Å². The third kappa shape index (κ3) is 6.52. The van der Waals surface area contributed by atoms with Gasteiger partial charge in [0.05, 0.1) is 11.3 Å². The number of hydrogen-bond acceptors (Lipinski definition) is 9. The van der Waals surface area contributed by atoms with Gasteiger partial charge in [0.15, 0.2) is 6.04 Å². The van der Waals surface area contributed by atoms with Crippen molar-refractivity contribution in [2.45, 2.75) is 37.4 Å². The number of hydrogen-bond donors (Lipinski definition) is 1. The van der Waals surface area contributed by atoms with Crippen LogP contribution in [0.4, 0.5) is 5.69 Å². The van der Waals surface area contributed by atoms with Crippen molar-refractivity contribution in [1.29, 1.82) is 0 Å². The third-order valence-electron chi connectivity index (χ3n) is 5.94. The number of nitrogens with one attached hydrogen (secondary N) is 1. The Morgan fingerprint density at radius 1 is 1.10 bits per heavy atom. The maximum absolute atomic E-state index is 13.1. The van der Waals surface area contributed by atoms with Gasteiger partial charge in [0, 0.05) is 34.7 Å². The van der Waals surface area contributed by atoms with Gasteiger partial charge < -0.3 is 19.7 Å². The van der Waals surface area contributed by atoms with Crippen molar-refractivity contribution in [3.05, 3.63) is 84.7 Å². The number of benzene rings is 2. The van der Waals surface area contributed by atoms with E-state index in [1.54, 1.807) is 23.6 Å². The van der Waals surface area contributed by atoms with E-state index in [0.29, 0.717) is 26.7 Å². The topological polar surface area (TPSA) is 145 Å². The maximum Gasteiger partial charge on any atom is 0.333 e. The molecule has 39 heavy (non-hydrogen) atoms. The second kappa shape index (κ2) is 12.1. The number of nitro benzene ring substituents is 1. The van der Waals surface area contributed by atoms with Gasteiger partial charge in [-0.3, -0.25) is 24.5 Å². The molecule has 2 unspecified atom stereocenters. The molecule has 1 saturated heterocycles. The third-order valence-corrected chi connectivity index (χ3v) is 7.76. The second-order valence-corrected chi connectivity index (χ2v) is 10.5. The van der Waals surface area contributed by atoms with E-state index in [9.17, 15) is 29.3 Å². The highest BCUT2D eigenvalue weighted by atomic mass is 35.5. The van der Waals surface area contributed by atoms with Crippen LogP contribution in [-0.4, -0.2) is 57.6 Å². The molecule has 2 aliphatic rings. The van der Waals surface area contributed by atoms with Crippen LogP contribution < -0.4 is 5.32 Å². The molecule has 2 amide bonds. The molecule has 0 radical (unpaired) electrons. The predicted octanol–water partition coefficient (Wildman–Crippen LogP) is 3.40. The summed E-state index contributed by atoms with van der Waals surface area (Å²) in [6.45, 7) is 0.781. The number of fused-ring (bicyclic) bond motifs is 1. The molecule has 0 bridgehead atoms. The highest BCUT2D eigenvalue weighted by Crippen LogP contribution is 2.40. The van der Waals surface area contributed by atoms with E-state index in [1.807, 2.05) is 0 Å². The zero-order chi connectivity index (χ0) is 28.3. The molecule has 1 fully saturated rings. The molecule has 14 heteroatoms. The first-order valence-electron chi connectivity index (χ1n) is 11.5. The number of esters is 2. The van der Waals surface area contributed by atoms with Crippen LogP contribution in [0.2, 0.25) is 10.0 Å². The van der Waals surface area contributed by atoms with E-state index in [-0.39, 0.29) is 25.3 Å². The molecule has 0 spiro atoms. The Kier molecular flexibility index (Phi) is 8.78. The number of ether oxygens (including phenoxy) is 2. The molecule has 3 atom stereocenters. The van der Waals surface area contributed by atoms with Gasteiger partial charge in [-0.1, -0.05) is 23.2 Å². The summed E-state index contributed by atoms with van der Waals surface area (Å²) in [7, 11) is 0. The molecule has 0 aliphatic carbocycles. The number of non-ortho nitro benzene ring substituents is 1. The van der Waals surface area contributed by atoms with Crippen LogP contribution in [-0.2, 0) is 41.7 Å². The largest absolute Gasteiger partial charge is 0.461 e. The van der Waals surface area contributed by atoms with Crippen molar-refractivity contribution < 1.29 is 33.6 Å². The molecule has 11 nitrogen and oxygen atoms in total. The number of nitro groups is 1. The Balaban J connectivity index is 1.45. The Hall–Kier alpha value is -3.61. The number of halogens is 2. The van der Waals surface area contributed by atoms with Crippen molar-refractivity contribution in [2.24, 2.45) is 0 Å². The van der Waals surface area contributed by atoms with Crippen LogP contribution in [0.3, 0.4) is 0 Å². The Bertz CT molecular complexity index is 1370. The summed E-state index contributed by atoms with van der Waals surface area (Å²) in [4.78, 5) is 61.9. The minimum atomic E-state index is -1.18. The van der Waals surface area contributed by atoms with E-state index in [1.165, 1.54) is 47.9 Å². The highest BCUT2D eigenvalue weighted by molar-refractivity contribution is 8.03. The molecule has 2 aromatic carbocycles. The molecular weight excluding hydrogens is 573 g/mol. The molecule has 1 N–H and O–H groups in total. The smallest absolute Gasteiger partial charge is 0.333 e. The van der Waals surface area contributed by atoms with E-state index < -0.39 is 46.1 Å². The summed E-state index contributed by atoms with van der Waals surface area (Å²) in [5, 5.41) is 15.3. The van der Waals surface area contributed by atoms with Crippen molar-refractivity contribution in [3.63, 3.8) is 0 Å². The van der Waals surface area contributed by atoms with E-state index in [0.717, 1.165) is 0 Å². The minimum Gasteiger partial charge on any atom is -0.461 e. The van der Waals surface area contributed by atoms with Gasteiger partial charge in [-0.25, -0.2) is 4.79 Å². The van der Waals surface area contributed by atoms with E-state index in [2.05, 4.69) is 5.32 Å². The number of β-lactam (4-membered cyclic amide) rings is 1. The highest BCUT2D eigenvalue weighted by Gasteiger charge is 2.56. The fraction of sp³-hybridized carbons (Fsp3) is 0.280. The predicted molar refractivity (Wildman–Crippen MR) is 142 cm³/mol. The quantitative estimate of drug-likeness (QED) is 0.200. The van der Waals surface area contributed by atoms with Gasteiger partial charge in [0.1, 0.15) is 24.6 Å². The standard InChI is InChI=1S/C25H21Cl2N3O8S/c1-13(31)37-11-16-12-39-24-21(28-20(32)9-15-8-17(26)4-7-19(15)27)23(33)29(24)22(16)25(34)38-10-14-2-5-18(6-3-14)30(35)36/h2-8,12,21-22,24H,9-11H2,1H3,(H,28,32)/t21?,22?,24-/m1/s1. The number of rotatable bonds is 9. The Morgan fingerprint density at radius 3 is 2.49 bits per heavy atom. The van der Waals surface area contributed by atoms with Gasteiger partial charge in [-0.05, 0) is 46.9 Å². The van der Waals surface area contributed by atoms with Gasteiger partial charge >= 0.3 is 11.9 Å². The lowest BCUT2D eigenvalue weighted by atomic mass is 9.98. The van der Waals surface area contributed by atoms with Crippen LogP contribution in [0, 0.1) is 10.1 Å². The summed E-state index contributed by atoms with van der Waals surface area (Å²) in [6, 6.07) is 8.11. The van der Waals surface area contributed by atoms with Crippen LogP contribution in [0.5, 0.6) is 0 Å². The number of amides is 2. The van der Waals surface area contributed by atoms with Gasteiger partial charge in [0.2, 0.25) is 11.8 Å². The first kappa shape index (κ1) is 28.4. The Morgan fingerprint density at radius 2 is 1.82 bits per heavy atom. The monoisotopic (exact) mass is 593 g/mol. The summed E-state index contributed by atoms with van der Waals surface area (Å²) in [5.74, 6) is -2.31. The number of carbonyl (C=O) groups is 4. The average molecular weight is 594 g/mol. The summed E-state index contributed by atoms with van der Waals surface area (Å²) in [5.41, 5.74) is 1.23. The number of nitrogens with zero attached hydrogens (tertiary/aromatic N) is 2. The zero-order valence-corrected chi connectivity index (χ0v) is 22.6. The SMILES string of the molecule is CC(=O)OCC1=CS[C@@H]2C(NC(=O)Cc3cc(Cl)ccc3Cl)C(=O)N2C1C(=O)OCc1ccc([N+](=O)[O-])cc1. The summed E-state index contributed by atoms with van der Waals surface area (Å²) >= 11 is 13.3. The van der Waals surface area contributed by atoms with Crippen molar-refractivity contribution >= 4 is 64.4 Å². The molecule has 0 aromatic heterocycles. The molecule has 4 rings (SSSR count). The first-order chi connectivity index (χ1) is 18.5. The lowest BCUT2D eigenvalue weighted by molar-refractivity contribution is -0.384. The molecule has 2 heterocycles. The second-order valence-electron chi connectivity index (χ2n) is 8.64. The van der Waals surface area contributed by atoms with Crippen molar-refractivity contribution in [1.82, 2.24) is 10.2 Å². The minimum absolute atomic E-state index is 0.102. The van der Waals surface area contributed by atoms with E-state index in [4.69, 9.17) is 32.7 Å². The number of thioether (sulfide) groups is 1. The first-order valence-corrected chi connectivity index (χ1v) is 13.2. The van der Waals surface area contributed by atoms with Crippen LogP contribution in [0.25, 0.3) is 0 Å². The van der Waals surface area contributed by atoms with Gasteiger partial charge in [-0.15, -0.1) is 11.8 Å². The van der Waals surface area contributed by atoms with Gasteiger partial charge in [-0.2, -0.15) is 0 Å². The molecule has 204 valence electrons. The van der Waals surface area contributed by atoms with Crippen LogP contribution >= 0.6 is 35.0 Å². The molecule has 0 saturated carbocycles. The van der Waals surface area contributed by atoms with Gasteiger partial charge in [0.25, 0.3) is 5.69 Å². The molecule has 2 aliphatic heterocycles. The average Bonchev–Trinajstić information content (AvgIpc) is 2.90. The lowest BCUT2D eigenvalue weighted by Gasteiger charge is -2.51. The molecule has 2 aromatic rings. The molecular formula is C25H21Cl2N3O8S. The van der Waals surface area contributed by atoms with E-state index >= 15 is 0 Å². The van der Waals surface area contributed by atoms with Crippen LogP contribution in [0.15, 0.2) is 53.4 Å².